The molecule has 132 valence electrons. The van der Waals surface area contributed by atoms with Gasteiger partial charge in [-0.1, -0.05) is 6.92 Å². The second-order valence-corrected chi connectivity index (χ2v) is 8.21. The minimum Gasteiger partial charge on any atom is -0.477 e. The largest absolute Gasteiger partial charge is 0.477 e. The van der Waals surface area contributed by atoms with E-state index in [2.05, 4.69) is 4.98 Å². The molecule has 0 saturated carbocycles. The van der Waals surface area contributed by atoms with Gasteiger partial charge >= 0.3 is 5.97 Å². The lowest BCUT2D eigenvalue weighted by Gasteiger charge is -2.46. The second kappa shape index (κ2) is 5.58. The molecule has 0 aliphatic carbocycles. The Balaban J connectivity index is 1.85. The minimum atomic E-state index is -1.11. The highest BCUT2D eigenvalue weighted by atomic mass is 32.2. The number of hydrogen-bond donors (Lipinski definition) is 2. The number of hydrogen-bond acceptors (Lipinski definition) is 6. The topological polar surface area (TPSA) is 95.1 Å². The van der Waals surface area contributed by atoms with Gasteiger partial charge in [-0.3, -0.25) is 9.20 Å². The number of rotatable bonds is 4. The number of aromatic nitrogens is 2. The Kier molecular flexibility index (Phi) is 3.71. The van der Waals surface area contributed by atoms with E-state index < -0.39 is 18.0 Å². The van der Waals surface area contributed by atoms with Crippen LogP contribution in [0.15, 0.2) is 23.2 Å². The van der Waals surface area contributed by atoms with Gasteiger partial charge in [-0.2, -0.15) is 0 Å². The standard InChI is InChI=1S/C16H17N3O4S2/c1-6-9(8-4-18-5-17-13(24-3)15(18)25-8)12(16(22)23)19-11(6)10(7(2)20)14(19)21/h4-7,10-11,20H,1-3H3,(H,22,23)/t6-,7+,10+,11-/m0/s1. The molecule has 7 nitrogen and oxygen atoms in total. The van der Waals surface area contributed by atoms with Gasteiger partial charge in [-0.15, -0.1) is 23.1 Å². The van der Waals surface area contributed by atoms with E-state index in [4.69, 9.17) is 0 Å². The fraction of sp³-hybridized carbons (Fsp3) is 0.438. The predicted molar refractivity (Wildman–Crippen MR) is 94.4 cm³/mol. The maximum Gasteiger partial charge on any atom is 0.352 e. The van der Waals surface area contributed by atoms with Gasteiger partial charge in [0.1, 0.15) is 21.9 Å². The van der Waals surface area contributed by atoms with Crippen molar-refractivity contribution in [1.82, 2.24) is 14.3 Å². The summed E-state index contributed by atoms with van der Waals surface area (Å²) in [6.45, 7) is 3.50. The Labute approximate surface area is 152 Å². The zero-order valence-electron chi connectivity index (χ0n) is 13.8. The molecule has 2 aromatic heterocycles. The number of carboxylic acid groups (broad SMARTS) is 1. The lowest BCUT2D eigenvalue weighted by molar-refractivity contribution is -0.163. The van der Waals surface area contributed by atoms with Crippen molar-refractivity contribution >= 4 is 45.4 Å². The van der Waals surface area contributed by atoms with Crippen LogP contribution in [-0.2, 0) is 9.59 Å². The van der Waals surface area contributed by atoms with Crippen molar-refractivity contribution in [1.29, 1.82) is 0 Å². The highest BCUT2D eigenvalue weighted by Crippen LogP contribution is 2.51. The van der Waals surface area contributed by atoms with E-state index in [0.717, 1.165) is 14.7 Å². The smallest absolute Gasteiger partial charge is 0.352 e. The van der Waals surface area contributed by atoms with Gasteiger partial charge < -0.3 is 15.1 Å². The molecule has 2 aliphatic heterocycles. The van der Waals surface area contributed by atoms with Crippen LogP contribution >= 0.6 is 23.1 Å². The van der Waals surface area contributed by atoms with E-state index in [1.165, 1.54) is 28.0 Å². The Hall–Kier alpha value is -1.84. The Morgan fingerprint density at radius 1 is 1.48 bits per heavy atom. The summed E-state index contributed by atoms with van der Waals surface area (Å²) < 4.78 is 1.88. The maximum atomic E-state index is 12.4. The fourth-order valence-electron chi connectivity index (χ4n) is 3.94. The molecule has 9 heteroatoms. The average Bonchev–Trinajstić information content (AvgIpc) is 3.16. The molecule has 4 rings (SSSR count). The molecule has 2 N–H and O–H groups in total. The zero-order valence-corrected chi connectivity index (χ0v) is 15.5. The summed E-state index contributed by atoms with van der Waals surface area (Å²) in [6, 6.07) is -0.298. The lowest BCUT2D eigenvalue weighted by Crippen LogP contribution is -2.63. The molecular weight excluding hydrogens is 362 g/mol. The van der Waals surface area contributed by atoms with Crippen LogP contribution < -0.4 is 0 Å². The van der Waals surface area contributed by atoms with Crippen molar-refractivity contribution in [3.05, 3.63) is 23.1 Å². The summed E-state index contributed by atoms with van der Waals surface area (Å²) in [6.07, 6.45) is 4.73. The van der Waals surface area contributed by atoms with Crippen molar-refractivity contribution in [2.45, 2.75) is 31.0 Å². The van der Waals surface area contributed by atoms with Crippen LogP contribution in [0.2, 0.25) is 0 Å². The molecule has 0 spiro atoms. The molecule has 1 fully saturated rings. The van der Waals surface area contributed by atoms with Crippen molar-refractivity contribution < 1.29 is 19.8 Å². The summed E-state index contributed by atoms with van der Waals surface area (Å²) in [5.74, 6) is -2.12. The second-order valence-electron chi connectivity index (χ2n) is 6.38. The van der Waals surface area contributed by atoms with Crippen molar-refractivity contribution in [2.24, 2.45) is 11.8 Å². The van der Waals surface area contributed by atoms with E-state index in [1.807, 2.05) is 23.8 Å². The van der Waals surface area contributed by atoms with Crippen LogP contribution in [0.25, 0.3) is 10.4 Å². The molecule has 2 aliphatic rings. The number of fused-ring (bicyclic) bond motifs is 2. The van der Waals surface area contributed by atoms with Gasteiger partial charge in [0, 0.05) is 17.7 Å². The molecule has 4 heterocycles. The number of carbonyl (C=O) groups excluding carboxylic acids is 1. The molecule has 0 bridgehead atoms. The normalized spacial score (nSPS) is 27.0. The Bertz CT molecular complexity index is 929. The first-order chi connectivity index (χ1) is 11.9. The number of aliphatic hydroxyl groups is 1. The molecule has 0 radical (unpaired) electrons. The Morgan fingerprint density at radius 3 is 2.80 bits per heavy atom. The van der Waals surface area contributed by atoms with Crippen LogP contribution in [-0.4, -0.2) is 54.8 Å². The number of aliphatic hydroxyl groups excluding tert-OH is 1. The molecule has 2 aromatic rings. The third-order valence-corrected chi connectivity index (χ3v) is 6.97. The number of nitrogens with zero attached hydrogens (tertiary/aromatic N) is 3. The van der Waals surface area contributed by atoms with Crippen molar-refractivity contribution in [3.8, 4) is 0 Å². The van der Waals surface area contributed by atoms with E-state index >= 15 is 0 Å². The summed E-state index contributed by atoms with van der Waals surface area (Å²) in [5.41, 5.74) is 0.706. The fourth-order valence-corrected chi connectivity index (χ4v) is 5.86. The quantitative estimate of drug-likeness (QED) is 0.621. The summed E-state index contributed by atoms with van der Waals surface area (Å²) >= 11 is 3.01. The molecule has 25 heavy (non-hydrogen) atoms. The average molecular weight is 379 g/mol. The first-order valence-corrected chi connectivity index (χ1v) is 9.90. The number of aliphatic carboxylic acids is 1. The van der Waals surface area contributed by atoms with E-state index in [0.29, 0.717) is 5.57 Å². The van der Waals surface area contributed by atoms with Gasteiger partial charge in [0.2, 0.25) is 5.91 Å². The number of thioether (sulfide) groups is 1. The highest BCUT2D eigenvalue weighted by molar-refractivity contribution is 7.98. The minimum absolute atomic E-state index is 0.0440. The molecule has 1 saturated heterocycles. The van der Waals surface area contributed by atoms with Gasteiger partial charge in [0.15, 0.2) is 0 Å². The van der Waals surface area contributed by atoms with E-state index in [-0.39, 0.29) is 23.6 Å². The number of β-lactam (4-membered cyclic amide) rings is 1. The SMILES string of the molecule is CSc1ncn2cc(C3=C(C(=O)O)N4C(=O)[C@H]([C@@H](C)O)[C@@H]4[C@H]3C)sc12. The first kappa shape index (κ1) is 16.6. The van der Waals surface area contributed by atoms with Gasteiger partial charge in [0.05, 0.1) is 22.9 Å². The van der Waals surface area contributed by atoms with Crippen molar-refractivity contribution in [3.63, 3.8) is 0 Å². The summed E-state index contributed by atoms with van der Waals surface area (Å²) in [4.78, 5) is 31.7. The molecule has 1 amide bonds. The van der Waals surface area contributed by atoms with Crippen LogP contribution in [0.3, 0.4) is 0 Å². The summed E-state index contributed by atoms with van der Waals surface area (Å²) in [7, 11) is 0. The van der Waals surface area contributed by atoms with E-state index in [9.17, 15) is 19.8 Å². The lowest BCUT2D eigenvalue weighted by atomic mass is 9.77. The molecule has 0 aromatic carbocycles. The number of carboxylic acids is 1. The number of amides is 1. The first-order valence-electron chi connectivity index (χ1n) is 7.86. The monoisotopic (exact) mass is 379 g/mol. The maximum absolute atomic E-state index is 12.4. The summed E-state index contributed by atoms with van der Waals surface area (Å²) in [5, 5.41) is 20.5. The van der Waals surface area contributed by atoms with E-state index in [1.54, 1.807) is 13.3 Å². The molecular formula is C16H17N3O4S2. The van der Waals surface area contributed by atoms with Gasteiger partial charge in [-0.25, -0.2) is 9.78 Å². The predicted octanol–water partition coefficient (Wildman–Crippen LogP) is 1.77. The van der Waals surface area contributed by atoms with Crippen LogP contribution in [0, 0.1) is 11.8 Å². The molecule has 0 unspecified atom stereocenters. The van der Waals surface area contributed by atoms with Crippen molar-refractivity contribution in [2.75, 3.05) is 6.26 Å². The number of thiazole rings is 1. The third-order valence-electron chi connectivity index (χ3n) is 5.01. The van der Waals surface area contributed by atoms with Crippen LogP contribution in [0.5, 0.6) is 0 Å². The highest BCUT2D eigenvalue weighted by Gasteiger charge is 2.60. The van der Waals surface area contributed by atoms with Gasteiger partial charge in [0.25, 0.3) is 0 Å². The zero-order chi connectivity index (χ0) is 18.0. The Morgan fingerprint density at radius 2 is 2.20 bits per heavy atom. The number of imidazole rings is 1. The number of carbonyl (C=O) groups is 2. The molecule has 4 atom stereocenters. The van der Waals surface area contributed by atoms with Crippen LogP contribution in [0.1, 0.15) is 18.7 Å². The van der Waals surface area contributed by atoms with Gasteiger partial charge in [-0.05, 0) is 13.2 Å². The van der Waals surface area contributed by atoms with Crippen LogP contribution in [0.4, 0.5) is 0 Å². The third kappa shape index (κ3) is 2.12.